The Morgan fingerprint density at radius 3 is 2.36 bits per heavy atom. The number of nitro benzene ring substituents is 1. The van der Waals surface area contributed by atoms with Crippen LogP contribution >= 0.6 is 0 Å². The molecule has 1 saturated carbocycles. The molecule has 25 heavy (non-hydrogen) atoms. The van der Waals surface area contributed by atoms with Crippen molar-refractivity contribution in [2.45, 2.75) is 51.4 Å². The SMILES string of the molecule is CCC[C@H]1CC[C@H](c2ccc(-c3cccc([N+](=O)[O-])c3F)cc2)CC1. The number of benzene rings is 2. The number of hydrogen-bond donors (Lipinski definition) is 0. The summed E-state index contributed by atoms with van der Waals surface area (Å²) >= 11 is 0. The smallest absolute Gasteiger partial charge is 0.258 e. The first-order valence-electron chi connectivity index (χ1n) is 9.13. The summed E-state index contributed by atoms with van der Waals surface area (Å²) in [5.41, 5.74) is 1.79. The van der Waals surface area contributed by atoms with Gasteiger partial charge in [0.25, 0.3) is 0 Å². The Balaban J connectivity index is 1.75. The molecular weight excluding hydrogens is 317 g/mol. The number of nitrogens with zero attached hydrogens (tertiary/aromatic N) is 1. The van der Waals surface area contributed by atoms with E-state index in [9.17, 15) is 14.5 Å². The number of halogens is 1. The zero-order valence-electron chi connectivity index (χ0n) is 14.6. The average molecular weight is 341 g/mol. The molecule has 1 fully saturated rings. The van der Waals surface area contributed by atoms with Crippen LogP contribution in [0.15, 0.2) is 42.5 Å². The molecule has 1 aliphatic rings. The fraction of sp³-hybridized carbons (Fsp3) is 0.429. The predicted molar refractivity (Wildman–Crippen MR) is 98.1 cm³/mol. The van der Waals surface area contributed by atoms with Crippen LogP contribution in [0.1, 0.15) is 56.9 Å². The number of hydrogen-bond acceptors (Lipinski definition) is 2. The minimum atomic E-state index is -0.764. The Labute approximate surface area is 148 Å². The van der Waals surface area contributed by atoms with Crippen LogP contribution in [-0.2, 0) is 0 Å². The molecule has 0 aliphatic heterocycles. The van der Waals surface area contributed by atoms with Crippen molar-refractivity contribution in [3.05, 3.63) is 64.0 Å². The molecule has 0 atom stereocenters. The van der Waals surface area contributed by atoms with Crippen molar-refractivity contribution in [3.63, 3.8) is 0 Å². The van der Waals surface area contributed by atoms with E-state index in [-0.39, 0.29) is 5.56 Å². The third kappa shape index (κ3) is 3.89. The van der Waals surface area contributed by atoms with Gasteiger partial charge in [0, 0.05) is 11.6 Å². The molecule has 0 saturated heterocycles. The maximum absolute atomic E-state index is 14.3. The second-order valence-corrected chi connectivity index (χ2v) is 7.02. The van der Waals surface area contributed by atoms with Gasteiger partial charge in [-0.25, -0.2) is 0 Å². The van der Waals surface area contributed by atoms with E-state index in [4.69, 9.17) is 0 Å². The Morgan fingerprint density at radius 2 is 1.76 bits per heavy atom. The highest BCUT2D eigenvalue weighted by atomic mass is 19.1. The lowest BCUT2D eigenvalue weighted by atomic mass is 9.77. The van der Waals surface area contributed by atoms with E-state index >= 15 is 0 Å². The maximum Gasteiger partial charge on any atom is 0.305 e. The minimum Gasteiger partial charge on any atom is -0.258 e. The zero-order chi connectivity index (χ0) is 17.8. The van der Waals surface area contributed by atoms with Crippen LogP contribution in [-0.4, -0.2) is 4.92 Å². The van der Waals surface area contributed by atoms with Gasteiger partial charge >= 0.3 is 5.69 Å². The molecule has 0 unspecified atom stereocenters. The fourth-order valence-corrected chi connectivity index (χ4v) is 4.01. The molecule has 3 nitrogen and oxygen atoms in total. The normalized spacial score (nSPS) is 20.4. The topological polar surface area (TPSA) is 43.1 Å². The lowest BCUT2D eigenvalue weighted by molar-refractivity contribution is -0.387. The quantitative estimate of drug-likeness (QED) is 0.462. The summed E-state index contributed by atoms with van der Waals surface area (Å²) in [6.07, 6.45) is 7.61. The molecule has 0 spiro atoms. The summed E-state index contributed by atoms with van der Waals surface area (Å²) in [6, 6.07) is 12.2. The second-order valence-electron chi connectivity index (χ2n) is 7.02. The van der Waals surface area contributed by atoms with Crippen LogP contribution < -0.4 is 0 Å². The van der Waals surface area contributed by atoms with Gasteiger partial charge in [-0.3, -0.25) is 10.1 Å². The first kappa shape index (κ1) is 17.6. The summed E-state index contributed by atoms with van der Waals surface area (Å²) < 4.78 is 14.3. The fourth-order valence-electron chi connectivity index (χ4n) is 4.01. The summed E-state index contributed by atoms with van der Waals surface area (Å²) in [5, 5.41) is 10.9. The van der Waals surface area contributed by atoms with Crippen molar-refractivity contribution >= 4 is 5.69 Å². The van der Waals surface area contributed by atoms with Gasteiger partial charge < -0.3 is 0 Å². The molecule has 2 aromatic carbocycles. The first-order valence-corrected chi connectivity index (χ1v) is 9.13. The van der Waals surface area contributed by atoms with E-state index in [1.54, 1.807) is 6.07 Å². The van der Waals surface area contributed by atoms with E-state index in [0.29, 0.717) is 11.5 Å². The summed E-state index contributed by atoms with van der Waals surface area (Å²) in [5.74, 6) is 0.692. The molecule has 0 aromatic heterocycles. The Kier molecular flexibility index (Phi) is 5.47. The number of nitro groups is 1. The van der Waals surface area contributed by atoms with Gasteiger partial charge in [0.05, 0.1) is 4.92 Å². The molecule has 1 aliphatic carbocycles. The van der Waals surface area contributed by atoms with Gasteiger partial charge in [0.2, 0.25) is 5.82 Å². The van der Waals surface area contributed by atoms with E-state index < -0.39 is 16.4 Å². The molecule has 0 heterocycles. The predicted octanol–water partition coefficient (Wildman–Crippen LogP) is 6.47. The highest BCUT2D eigenvalue weighted by Crippen LogP contribution is 2.38. The van der Waals surface area contributed by atoms with Crippen molar-refractivity contribution in [1.29, 1.82) is 0 Å². The Hall–Kier alpha value is -2.23. The summed E-state index contributed by atoms with van der Waals surface area (Å²) in [4.78, 5) is 10.2. The van der Waals surface area contributed by atoms with Crippen molar-refractivity contribution in [1.82, 2.24) is 0 Å². The third-order valence-corrected chi connectivity index (χ3v) is 5.41. The van der Waals surface area contributed by atoms with Crippen LogP contribution in [0, 0.1) is 21.8 Å². The van der Waals surface area contributed by atoms with E-state index in [1.807, 2.05) is 12.1 Å². The van der Waals surface area contributed by atoms with Crippen molar-refractivity contribution < 1.29 is 9.31 Å². The number of rotatable bonds is 5. The molecule has 3 rings (SSSR count). The Bertz CT molecular complexity index is 734. The van der Waals surface area contributed by atoms with Crippen LogP contribution in [0.3, 0.4) is 0 Å². The van der Waals surface area contributed by atoms with Crippen molar-refractivity contribution in [3.8, 4) is 11.1 Å². The lowest BCUT2D eigenvalue weighted by Gasteiger charge is -2.28. The monoisotopic (exact) mass is 341 g/mol. The standard InChI is InChI=1S/C21H24FNO2/c1-2-4-15-7-9-16(10-8-15)17-11-13-18(14-12-17)19-5-3-6-20(21(19)22)23(24)25/h3,5-6,11-16H,2,4,7-10H2,1H3/t15-,16-. The van der Waals surface area contributed by atoms with Crippen LogP contribution in [0.5, 0.6) is 0 Å². The average Bonchev–Trinajstić information content (AvgIpc) is 2.63. The molecule has 132 valence electrons. The lowest BCUT2D eigenvalue weighted by Crippen LogP contribution is -2.13. The molecule has 0 radical (unpaired) electrons. The molecule has 0 amide bonds. The van der Waals surface area contributed by atoms with E-state index in [0.717, 1.165) is 5.92 Å². The van der Waals surface area contributed by atoms with Gasteiger partial charge in [-0.2, -0.15) is 4.39 Å². The molecule has 4 heteroatoms. The van der Waals surface area contributed by atoms with Gasteiger partial charge in [0.15, 0.2) is 0 Å². The molecule has 0 N–H and O–H groups in total. The summed E-state index contributed by atoms with van der Waals surface area (Å²) in [7, 11) is 0. The van der Waals surface area contributed by atoms with Crippen molar-refractivity contribution in [2.24, 2.45) is 5.92 Å². The molecular formula is C21H24FNO2. The largest absolute Gasteiger partial charge is 0.305 e. The minimum absolute atomic E-state index is 0.285. The molecule has 0 bridgehead atoms. The van der Waals surface area contributed by atoms with Crippen LogP contribution in [0.25, 0.3) is 11.1 Å². The first-order chi connectivity index (χ1) is 12.1. The highest BCUT2D eigenvalue weighted by molar-refractivity contribution is 5.67. The highest BCUT2D eigenvalue weighted by Gasteiger charge is 2.22. The van der Waals surface area contributed by atoms with Gasteiger partial charge in [-0.05, 0) is 48.6 Å². The third-order valence-electron chi connectivity index (χ3n) is 5.41. The maximum atomic E-state index is 14.3. The van der Waals surface area contributed by atoms with Gasteiger partial charge in [-0.1, -0.05) is 56.2 Å². The van der Waals surface area contributed by atoms with Crippen LogP contribution in [0.2, 0.25) is 0 Å². The zero-order valence-corrected chi connectivity index (χ0v) is 14.6. The van der Waals surface area contributed by atoms with Crippen LogP contribution in [0.4, 0.5) is 10.1 Å². The van der Waals surface area contributed by atoms with E-state index in [2.05, 4.69) is 19.1 Å². The Morgan fingerprint density at radius 1 is 1.08 bits per heavy atom. The van der Waals surface area contributed by atoms with Crippen molar-refractivity contribution in [2.75, 3.05) is 0 Å². The molecule has 2 aromatic rings. The summed E-state index contributed by atoms with van der Waals surface area (Å²) in [6.45, 7) is 2.25. The van der Waals surface area contributed by atoms with Gasteiger partial charge in [-0.15, -0.1) is 0 Å². The van der Waals surface area contributed by atoms with E-state index in [1.165, 1.54) is 56.2 Å². The van der Waals surface area contributed by atoms with Gasteiger partial charge in [0.1, 0.15) is 0 Å². The second kappa shape index (κ2) is 7.77.